The van der Waals surface area contributed by atoms with Gasteiger partial charge in [-0.15, -0.1) is 0 Å². The highest BCUT2D eigenvalue weighted by molar-refractivity contribution is 5.75. The Morgan fingerprint density at radius 1 is 1.78 bits per heavy atom. The molecule has 3 nitrogen and oxygen atoms in total. The lowest BCUT2D eigenvalue weighted by atomic mass is 10.2. The minimum absolute atomic E-state index is 0.718. The van der Waals surface area contributed by atoms with Gasteiger partial charge in [-0.05, 0) is 6.92 Å². The highest BCUT2D eigenvalue weighted by atomic mass is 19.1. The van der Waals surface area contributed by atoms with Gasteiger partial charge in [0.1, 0.15) is 12.2 Å². The highest BCUT2D eigenvalue weighted by Crippen LogP contribution is 1.95. The molecule has 2 atom stereocenters. The average Bonchev–Trinajstić information content (AvgIpc) is 1.84. The van der Waals surface area contributed by atoms with Crippen LogP contribution in [0.2, 0.25) is 0 Å². The summed E-state index contributed by atoms with van der Waals surface area (Å²) in [5.41, 5.74) is 5.02. The van der Waals surface area contributed by atoms with Crippen LogP contribution in [0.15, 0.2) is 0 Å². The molecule has 0 bridgehead atoms. The Balaban J connectivity index is 3.72. The summed E-state index contributed by atoms with van der Waals surface area (Å²) in [7, 11) is 1.17. The van der Waals surface area contributed by atoms with Crippen LogP contribution >= 0.6 is 0 Å². The molecule has 0 aromatic heterocycles. The molecule has 0 rings (SSSR count). The lowest BCUT2D eigenvalue weighted by molar-refractivity contribution is -0.143. The molecule has 0 aliphatic rings. The first-order chi connectivity index (χ1) is 4.09. The number of hydrogen-bond acceptors (Lipinski definition) is 3. The van der Waals surface area contributed by atoms with Crippen LogP contribution < -0.4 is 5.73 Å². The van der Waals surface area contributed by atoms with Crippen molar-refractivity contribution in [1.82, 2.24) is 0 Å². The summed E-state index contributed by atoms with van der Waals surface area (Å²) < 4.78 is 16.3. The summed E-state index contributed by atoms with van der Waals surface area (Å²) in [6, 6.07) is -1.14. The quantitative estimate of drug-likeness (QED) is 0.535. The maximum absolute atomic E-state index is 12.1. The molecular weight excluding hydrogens is 125 g/mol. The summed E-state index contributed by atoms with van der Waals surface area (Å²) in [5.74, 6) is -0.718. The van der Waals surface area contributed by atoms with E-state index in [1.807, 2.05) is 0 Å². The standard InChI is InChI=1S/C5H10FNO2/c1-3(6)4(7)5(8)9-2/h3-4H,7H2,1-2H3/t3-,4+/m1/s1. The van der Waals surface area contributed by atoms with Gasteiger partial charge < -0.3 is 10.5 Å². The molecule has 0 heterocycles. The summed E-state index contributed by atoms with van der Waals surface area (Å²) >= 11 is 0. The van der Waals surface area contributed by atoms with Gasteiger partial charge in [-0.25, -0.2) is 4.39 Å². The van der Waals surface area contributed by atoms with Crippen LogP contribution in [-0.2, 0) is 9.53 Å². The molecule has 4 heteroatoms. The molecule has 0 aliphatic carbocycles. The third-order valence-corrected chi connectivity index (χ3v) is 0.968. The van der Waals surface area contributed by atoms with E-state index in [0.717, 1.165) is 0 Å². The number of methoxy groups -OCH3 is 1. The van der Waals surface area contributed by atoms with Gasteiger partial charge in [0, 0.05) is 0 Å². The first kappa shape index (κ1) is 8.36. The monoisotopic (exact) mass is 135 g/mol. The zero-order chi connectivity index (χ0) is 7.44. The van der Waals surface area contributed by atoms with Gasteiger partial charge in [-0.2, -0.15) is 0 Å². The van der Waals surface area contributed by atoms with Crippen molar-refractivity contribution in [2.24, 2.45) is 5.73 Å². The molecule has 0 radical (unpaired) electrons. The Bertz CT molecular complexity index is 105. The Labute approximate surface area is 53.0 Å². The molecule has 0 aliphatic heterocycles. The van der Waals surface area contributed by atoms with Gasteiger partial charge in [-0.3, -0.25) is 4.79 Å². The van der Waals surface area contributed by atoms with Crippen molar-refractivity contribution in [3.05, 3.63) is 0 Å². The first-order valence-corrected chi connectivity index (χ1v) is 2.57. The fourth-order valence-electron chi connectivity index (χ4n) is 0.324. The fraction of sp³-hybridized carbons (Fsp3) is 0.800. The molecule has 0 saturated carbocycles. The maximum atomic E-state index is 12.1. The van der Waals surface area contributed by atoms with Crippen molar-refractivity contribution in [2.75, 3.05) is 7.11 Å². The molecule has 0 unspecified atom stereocenters. The molecule has 2 N–H and O–H groups in total. The number of carbonyl (C=O) groups excluding carboxylic acids is 1. The van der Waals surface area contributed by atoms with Crippen molar-refractivity contribution in [2.45, 2.75) is 19.1 Å². The zero-order valence-electron chi connectivity index (χ0n) is 5.43. The van der Waals surface area contributed by atoms with Gasteiger partial charge in [-0.1, -0.05) is 0 Å². The number of rotatable bonds is 2. The lowest BCUT2D eigenvalue weighted by Crippen LogP contribution is -2.38. The SMILES string of the molecule is COC(=O)[C@@H](N)[C@@H](C)F. The number of hydrogen-bond donors (Lipinski definition) is 1. The van der Waals surface area contributed by atoms with Gasteiger partial charge in [0.25, 0.3) is 0 Å². The molecular formula is C5H10FNO2. The molecule has 0 aromatic rings. The van der Waals surface area contributed by atoms with Crippen LogP contribution in [0.1, 0.15) is 6.92 Å². The molecule has 0 spiro atoms. The van der Waals surface area contributed by atoms with E-state index < -0.39 is 18.2 Å². The van der Waals surface area contributed by atoms with E-state index in [-0.39, 0.29) is 0 Å². The van der Waals surface area contributed by atoms with Crippen molar-refractivity contribution in [1.29, 1.82) is 0 Å². The van der Waals surface area contributed by atoms with Crippen LogP contribution in [0, 0.1) is 0 Å². The van der Waals surface area contributed by atoms with Crippen LogP contribution in [-0.4, -0.2) is 25.3 Å². The normalized spacial score (nSPS) is 16.4. The minimum Gasteiger partial charge on any atom is -0.468 e. The van der Waals surface area contributed by atoms with Crippen LogP contribution in [0.3, 0.4) is 0 Å². The van der Waals surface area contributed by atoms with E-state index in [4.69, 9.17) is 5.73 Å². The van der Waals surface area contributed by atoms with Crippen LogP contribution in [0.25, 0.3) is 0 Å². The number of nitrogens with two attached hydrogens (primary N) is 1. The fourth-order valence-corrected chi connectivity index (χ4v) is 0.324. The summed E-state index contributed by atoms with van der Waals surface area (Å²) in [6.07, 6.45) is -1.35. The Hall–Kier alpha value is -0.640. The topological polar surface area (TPSA) is 52.3 Å². The number of carbonyl (C=O) groups is 1. The summed E-state index contributed by atoms with van der Waals surface area (Å²) in [6.45, 7) is 1.21. The van der Waals surface area contributed by atoms with Gasteiger partial charge in [0.15, 0.2) is 0 Å². The number of halogens is 1. The number of ether oxygens (including phenoxy) is 1. The molecule has 0 aromatic carbocycles. The summed E-state index contributed by atoms with van der Waals surface area (Å²) in [4.78, 5) is 10.4. The first-order valence-electron chi connectivity index (χ1n) is 2.57. The van der Waals surface area contributed by atoms with E-state index in [1.54, 1.807) is 0 Å². The van der Waals surface area contributed by atoms with E-state index >= 15 is 0 Å². The van der Waals surface area contributed by atoms with E-state index in [1.165, 1.54) is 14.0 Å². The predicted molar refractivity (Wildman–Crippen MR) is 30.6 cm³/mol. The molecule has 9 heavy (non-hydrogen) atoms. The van der Waals surface area contributed by atoms with Crippen LogP contribution in [0.4, 0.5) is 4.39 Å². The lowest BCUT2D eigenvalue weighted by Gasteiger charge is -2.08. The predicted octanol–water partition coefficient (Wildman–Crippen LogP) is -0.155. The van der Waals surface area contributed by atoms with Crippen molar-refractivity contribution >= 4 is 5.97 Å². The zero-order valence-corrected chi connectivity index (χ0v) is 5.43. The van der Waals surface area contributed by atoms with Crippen molar-refractivity contribution < 1.29 is 13.9 Å². The van der Waals surface area contributed by atoms with Crippen molar-refractivity contribution in [3.63, 3.8) is 0 Å². The van der Waals surface area contributed by atoms with Gasteiger partial charge >= 0.3 is 5.97 Å². The largest absolute Gasteiger partial charge is 0.468 e. The Morgan fingerprint density at radius 3 is 2.33 bits per heavy atom. The molecule has 0 amide bonds. The average molecular weight is 135 g/mol. The third kappa shape index (κ3) is 2.41. The second-order valence-corrected chi connectivity index (χ2v) is 1.73. The molecule has 54 valence electrons. The van der Waals surface area contributed by atoms with Gasteiger partial charge in [0.2, 0.25) is 0 Å². The second kappa shape index (κ2) is 3.40. The smallest absolute Gasteiger partial charge is 0.325 e. The third-order valence-electron chi connectivity index (χ3n) is 0.968. The van der Waals surface area contributed by atoms with E-state index in [2.05, 4.69) is 4.74 Å². The number of esters is 1. The minimum atomic E-state index is -1.35. The van der Waals surface area contributed by atoms with Crippen molar-refractivity contribution in [3.8, 4) is 0 Å². The van der Waals surface area contributed by atoms with E-state index in [0.29, 0.717) is 0 Å². The van der Waals surface area contributed by atoms with E-state index in [9.17, 15) is 9.18 Å². The highest BCUT2D eigenvalue weighted by Gasteiger charge is 2.20. The second-order valence-electron chi connectivity index (χ2n) is 1.73. The molecule has 0 saturated heterocycles. The van der Waals surface area contributed by atoms with Crippen LogP contribution in [0.5, 0.6) is 0 Å². The maximum Gasteiger partial charge on any atom is 0.325 e. The Morgan fingerprint density at radius 2 is 2.22 bits per heavy atom. The van der Waals surface area contributed by atoms with Gasteiger partial charge in [0.05, 0.1) is 7.11 Å². The Kier molecular flexibility index (Phi) is 3.16. The summed E-state index contributed by atoms with van der Waals surface area (Å²) in [5, 5.41) is 0. The molecule has 0 fully saturated rings. The number of alkyl halides is 1.